The first-order chi connectivity index (χ1) is 13.9. The third-order valence-electron chi connectivity index (χ3n) is 4.82. The van der Waals surface area contributed by atoms with E-state index in [-0.39, 0.29) is 11.9 Å². The Hall–Kier alpha value is -3.21. The fourth-order valence-electron chi connectivity index (χ4n) is 3.04. The zero-order valence-corrected chi connectivity index (χ0v) is 17.5. The largest absolute Gasteiger partial charge is 0.349 e. The highest BCUT2D eigenvalue weighted by Gasteiger charge is 2.15. The van der Waals surface area contributed by atoms with Crippen LogP contribution in [0.2, 0.25) is 0 Å². The number of hydrogen-bond acceptors (Lipinski definition) is 4. The lowest BCUT2D eigenvalue weighted by molar-refractivity contribution is 0.102. The van der Waals surface area contributed by atoms with Crippen molar-refractivity contribution >= 4 is 17.4 Å². The lowest BCUT2D eigenvalue weighted by Gasteiger charge is -2.27. The lowest BCUT2D eigenvalue weighted by atomic mass is 10.0. The Morgan fingerprint density at radius 3 is 2.17 bits per heavy atom. The second-order valence-corrected chi connectivity index (χ2v) is 7.70. The summed E-state index contributed by atoms with van der Waals surface area (Å²) in [5, 5.41) is 2.88. The minimum Gasteiger partial charge on any atom is -0.349 e. The lowest BCUT2D eigenvalue weighted by Crippen LogP contribution is -2.31. The maximum atomic E-state index is 12.5. The molecule has 1 heterocycles. The van der Waals surface area contributed by atoms with Crippen LogP contribution >= 0.6 is 0 Å². The van der Waals surface area contributed by atoms with Crippen LogP contribution in [0.3, 0.4) is 0 Å². The van der Waals surface area contributed by atoms with Crippen LogP contribution in [0.5, 0.6) is 0 Å². The van der Waals surface area contributed by atoms with Crippen molar-refractivity contribution in [2.75, 3.05) is 10.2 Å². The van der Waals surface area contributed by atoms with Crippen LogP contribution in [0.4, 0.5) is 11.5 Å². The molecule has 1 aromatic heterocycles. The Kier molecular flexibility index (Phi) is 6.60. The second kappa shape index (κ2) is 9.32. The third kappa shape index (κ3) is 5.41. The van der Waals surface area contributed by atoms with Gasteiger partial charge in [-0.15, -0.1) is 0 Å². The van der Waals surface area contributed by atoms with Gasteiger partial charge in [0.2, 0.25) is 0 Å². The summed E-state index contributed by atoms with van der Waals surface area (Å²) in [5.74, 6) is 0.945. The van der Waals surface area contributed by atoms with Crippen LogP contribution in [-0.4, -0.2) is 21.9 Å². The van der Waals surface area contributed by atoms with Gasteiger partial charge in [-0.3, -0.25) is 4.79 Å². The third-order valence-corrected chi connectivity index (χ3v) is 4.82. The number of nitrogens with one attached hydrogen (secondary N) is 1. The molecule has 0 unspecified atom stereocenters. The van der Waals surface area contributed by atoms with Crippen LogP contribution < -0.4 is 10.2 Å². The first-order valence-electron chi connectivity index (χ1n) is 9.98. The summed E-state index contributed by atoms with van der Waals surface area (Å²) in [6.45, 7) is 9.25. The van der Waals surface area contributed by atoms with Crippen molar-refractivity contribution in [2.45, 2.75) is 46.2 Å². The van der Waals surface area contributed by atoms with Crippen molar-refractivity contribution in [3.05, 3.63) is 83.8 Å². The first-order valence-corrected chi connectivity index (χ1v) is 9.98. The van der Waals surface area contributed by atoms with Gasteiger partial charge in [0.05, 0.1) is 12.4 Å². The fraction of sp³-hybridized carbons (Fsp3) is 0.292. The molecule has 3 rings (SSSR count). The van der Waals surface area contributed by atoms with E-state index in [4.69, 9.17) is 0 Å². The Balaban J connectivity index is 1.70. The molecule has 0 radical (unpaired) electrons. The van der Waals surface area contributed by atoms with Gasteiger partial charge in [-0.2, -0.15) is 0 Å². The Labute approximate surface area is 172 Å². The van der Waals surface area contributed by atoms with Crippen molar-refractivity contribution in [1.29, 1.82) is 0 Å². The quantitative estimate of drug-likeness (QED) is 0.599. The number of aromatic nitrogens is 2. The minimum atomic E-state index is -0.263. The summed E-state index contributed by atoms with van der Waals surface area (Å²) in [5.41, 5.74) is 3.48. The average Bonchev–Trinajstić information content (AvgIpc) is 2.73. The smallest absolute Gasteiger partial charge is 0.275 e. The van der Waals surface area contributed by atoms with Crippen molar-refractivity contribution in [3.8, 4) is 0 Å². The van der Waals surface area contributed by atoms with E-state index in [0.717, 1.165) is 18.1 Å². The molecule has 29 heavy (non-hydrogen) atoms. The molecule has 0 aliphatic rings. The van der Waals surface area contributed by atoms with E-state index in [2.05, 4.69) is 60.0 Å². The zero-order chi connectivity index (χ0) is 20.8. The molecule has 1 N–H and O–H groups in total. The van der Waals surface area contributed by atoms with Crippen LogP contribution in [0.1, 0.15) is 55.2 Å². The van der Waals surface area contributed by atoms with Gasteiger partial charge in [-0.05, 0) is 43.0 Å². The molecule has 5 nitrogen and oxygen atoms in total. The molecule has 0 aliphatic heterocycles. The molecule has 0 saturated carbocycles. The number of amides is 1. The molecule has 0 atom stereocenters. The highest BCUT2D eigenvalue weighted by molar-refractivity contribution is 6.02. The molecule has 0 aliphatic carbocycles. The Morgan fingerprint density at radius 1 is 0.931 bits per heavy atom. The van der Waals surface area contributed by atoms with Crippen molar-refractivity contribution in [3.63, 3.8) is 0 Å². The summed E-state index contributed by atoms with van der Waals surface area (Å²) in [4.78, 5) is 23.5. The summed E-state index contributed by atoms with van der Waals surface area (Å²) in [6.07, 6.45) is 3.20. The molecule has 2 aromatic carbocycles. The molecule has 150 valence electrons. The maximum Gasteiger partial charge on any atom is 0.275 e. The molecular formula is C24H28N4O. The predicted molar refractivity (Wildman–Crippen MR) is 118 cm³/mol. The molecule has 3 aromatic rings. The van der Waals surface area contributed by atoms with E-state index >= 15 is 0 Å². The van der Waals surface area contributed by atoms with Crippen molar-refractivity contribution in [1.82, 2.24) is 9.97 Å². The molecule has 0 saturated heterocycles. The SMILES string of the molecule is CC(C)c1ccc(NC(=O)c2cnc(N(Cc3ccccc3)C(C)C)cn2)cc1. The van der Waals surface area contributed by atoms with Crippen LogP contribution in [-0.2, 0) is 6.54 Å². The van der Waals surface area contributed by atoms with Gasteiger partial charge in [0.25, 0.3) is 5.91 Å². The van der Waals surface area contributed by atoms with Crippen LogP contribution in [0.25, 0.3) is 0 Å². The maximum absolute atomic E-state index is 12.5. The Morgan fingerprint density at radius 2 is 1.62 bits per heavy atom. The zero-order valence-electron chi connectivity index (χ0n) is 17.5. The monoisotopic (exact) mass is 388 g/mol. The molecule has 0 fully saturated rings. The average molecular weight is 389 g/mol. The number of anilines is 2. The van der Waals surface area contributed by atoms with Crippen molar-refractivity contribution in [2.24, 2.45) is 0 Å². The standard InChI is InChI=1S/C24H28N4O/c1-17(2)20-10-12-21(13-11-20)27-24(29)22-14-26-23(15-25-22)28(18(3)4)16-19-8-6-5-7-9-19/h5-15,17-18H,16H2,1-4H3,(H,27,29). The number of nitrogens with zero attached hydrogens (tertiary/aromatic N) is 3. The van der Waals surface area contributed by atoms with E-state index in [1.807, 2.05) is 42.5 Å². The molecule has 0 bridgehead atoms. The number of carbonyl (C=O) groups excluding carboxylic acids is 1. The van der Waals surface area contributed by atoms with E-state index in [9.17, 15) is 4.79 Å². The summed E-state index contributed by atoms with van der Waals surface area (Å²) in [6, 6.07) is 18.4. The number of carbonyl (C=O) groups is 1. The van der Waals surface area contributed by atoms with Crippen LogP contribution in [0.15, 0.2) is 67.0 Å². The molecule has 0 spiro atoms. The van der Waals surface area contributed by atoms with Crippen molar-refractivity contribution < 1.29 is 4.79 Å². The van der Waals surface area contributed by atoms with E-state index in [1.54, 1.807) is 6.20 Å². The Bertz CT molecular complexity index is 919. The highest BCUT2D eigenvalue weighted by Crippen LogP contribution is 2.19. The van der Waals surface area contributed by atoms with E-state index < -0.39 is 0 Å². The van der Waals surface area contributed by atoms with Crippen LogP contribution in [0, 0.1) is 0 Å². The summed E-state index contributed by atoms with van der Waals surface area (Å²) >= 11 is 0. The first kappa shape index (κ1) is 20.5. The van der Waals surface area contributed by atoms with Gasteiger partial charge < -0.3 is 10.2 Å². The van der Waals surface area contributed by atoms with Gasteiger partial charge in [0.15, 0.2) is 0 Å². The second-order valence-electron chi connectivity index (χ2n) is 7.70. The van der Waals surface area contributed by atoms with Gasteiger partial charge >= 0.3 is 0 Å². The molecule has 1 amide bonds. The van der Waals surface area contributed by atoms with Gasteiger partial charge in [0.1, 0.15) is 11.5 Å². The van der Waals surface area contributed by atoms with Gasteiger partial charge in [-0.25, -0.2) is 9.97 Å². The predicted octanol–water partition coefficient (Wildman–Crippen LogP) is 5.27. The fourth-order valence-corrected chi connectivity index (χ4v) is 3.04. The van der Waals surface area contributed by atoms with E-state index in [0.29, 0.717) is 11.6 Å². The summed E-state index contributed by atoms with van der Waals surface area (Å²) < 4.78 is 0. The molecule has 5 heteroatoms. The summed E-state index contributed by atoms with van der Waals surface area (Å²) in [7, 11) is 0. The normalized spacial score (nSPS) is 11.0. The number of rotatable bonds is 7. The topological polar surface area (TPSA) is 58.1 Å². The van der Waals surface area contributed by atoms with Gasteiger partial charge in [0, 0.05) is 18.3 Å². The number of hydrogen-bond donors (Lipinski definition) is 1. The minimum absolute atomic E-state index is 0.253. The molecular weight excluding hydrogens is 360 g/mol. The van der Waals surface area contributed by atoms with Gasteiger partial charge in [-0.1, -0.05) is 56.3 Å². The highest BCUT2D eigenvalue weighted by atomic mass is 16.1. The number of benzene rings is 2. The van der Waals surface area contributed by atoms with E-state index in [1.165, 1.54) is 17.3 Å².